The predicted molar refractivity (Wildman–Crippen MR) is 581 cm³/mol. The van der Waals surface area contributed by atoms with Crippen molar-refractivity contribution in [3.05, 3.63) is 294 Å². The lowest BCUT2D eigenvalue weighted by atomic mass is 9.98. The number of aryl methyl sites for hydroxylation is 19. The predicted octanol–water partition coefficient (Wildman–Crippen LogP) is 27.3. The lowest BCUT2D eigenvalue weighted by molar-refractivity contribution is -0.274. The van der Waals surface area contributed by atoms with E-state index in [4.69, 9.17) is 94.0 Å². The van der Waals surface area contributed by atoms with Crippen molar-refractivity contribution in [2.75, 3.05) is 54.2 Å². The highest BCUT2D eigenvalue weighted by Gasteiger charge is 2.40. The number of carboxylic acids is 2. The van der Waals surface area contributed by atoms with Crippen molar-refractivity contribution in [2.24, 2.45) is 28.2 Å². The minimum absolute atomic E-state index is 0.0917. The highest BCUT2D eigenvalue weighted by molar-refractivity contribution is 6.37. The van der Waals surface area contributed by atoms with Gasteiger partial charge in [-0.2, -0.15) is 15.3 Å². The summed E-state index contributed by atoms with van der Waals surface area (Å²) in [7, 11) is 7.55. The topological polar surface area (TPSA) is 259 Å². The smallest absolute Gasteiger partial charge is 0.494 e. The Hall–Kier alpha value is -13.7. The van der Waals surface area contributed by atoms with Gasteiger partial charge >= 0.3 is 18.3 Å². The summed E-state index contributed by atoms with van der Waals surface area (Å²) < 4.78 is 75.6. The van der Waals surface area contributed by atoms with Crippen LogP contribution in [0.2, 0.25) is 30.1 Å². The molecule has 3 aliphatic heterocycles. The summed E-state index contributed by atoms with van der Waals surface area (Å²) in [6.07, 6.45) is 4.06. The molecular formula is C114H111Cl6F3N14O11. The molecule has 25 nitrogen and oxygen atoms in total. The number of anilines is 3. The Morgan fingerprint density at radius 1 is 0.385 bits per heavy atom. The minimum Gasteiger partial charge on any atom is -0.494 e. The number of nitrogens with zero attached hydrogens (tertiary/aromatic N) is 14. The van der Waals surface area contributed by atoms with Crippen LogP contribution in [0.25, 0.3) is 87.9 Å². The molecule has 0 saturated heterocycles. The molecule has 0 spiro atoms. The van der Waals surface area contributed by atoms with Crippen molar-refractivity contribution < 1.29 is 66.3 Å². The summed E-state index contributed by atoms with van der Waals surface area (Å²) >= 11 is 40.2. The van der Waals surface area contributed by atoms with Crippen LogP contribution < -0.4 is 33.6 Å². The Labute approximate surface area is 883 Å². The van der Waals surface area contributed by atoms with Gasteiger partial charge in [0.05, 0.1) is 102 Å². The van der Waals surface area contributed by atoms with Crippen molar-refractivity contribution in [3.63, 3.8) is 0 Å². The maximum absolute atomic E-state index is 15.0. The molecule has 8 aromatic heterocycles. The monoisotopic (exact) mass is 2120 g/mol. The largest absolute Gasteiger partial charge is 0.573 e. The first-order valence-corrected chi connectivity index (χ1v) is 51.3. The number of aromatic nitrogens is 11. The molecule has 0 saturated carbocycles. The number of benzene rings is 9. The molecule has 17 aromatic rings. The quantitative estimate of drug-likeness (QED) is 0.0533. The van der Waals surface area contributed by atoms with Gasteiger partial charge in [0, 0.05) is 184 Å². The van der Waals surface area contributed by atoms with E-state index < -0.39 is 18.3 Å². The summed E-state index contributed by atoms with van der Waals surface area (Å²) in [4.78, 5) is 78.3. The third-order valence-electron chi connectivity index (χ3n) is 28.7. The number of alkyl halides is 3. The van der Waals surface area contributed by atoms with Crippen molar-refractivity contribution in [1.29, 1.82) is 0 Å². The molecule has 0 fully saturated rings. The van der Waals surface area contributed by atoms with Crippen LogP contribution in [-0.2, 0) is 67.1 Å². The first kappa shape index (κ1) is 104. The highest BCUT2D eigenvalue weighted by Crippen LogP contribution is 2.50. The molecule has 2 N–H and O–H groups in total. The average molecular weight is 2120 g/mol. The number of pyridine rings is 1. The second-order valence-corrected chi connectivity index (χ2v) is 40.7. The highest BCUT2D eigenvalue weighted by atomic mass is 35.5. The van der Waals surface area contributed by atoms with Crippen molar-refractivity contribution in [3.8, 4) is 56.4 Å². The molecule has 0 aliphatic carbocycles. The van der Waals surface area contributed by atoms with Crippen molar-refractivity contribution in [1.82, 2.24) is 52.6 Å². The maximum Gasteiger partial charge on any atom is 0.573 e. The number of ether oxygens (including phenoxy) is 4. The van der Waals surface area contributed by atoms with Gasteiger partial charge < -0.3 is 62.1 Å². The summed E-state index contributed by atoms with van der Waals surface area (Å²) in [6.45, 7) is 27.9. The van der Waals surface area contributed by atoms with E-state index in [0.717, 1.165) is 183 Å². The fourth-order valence-electron chi connectivity index (χ4n) is 21.8. The van der Waals surface area contributed by atoms with Gasteiger partial charge in [-0.15, -0.1) is 13.2 Å². The van der Waals surface area contributed by atoms with Crippen LogP contribution >= 0.6 is 69.6 Å². The van der Waals surface area contributed by atoms with E-state index in [0.29, 0.717) is 188 Å². The van der Waals surface area contributed by atoms with Crippen molar-refractivity contribution >= 4 is 171 Å². The van der Waals surface area contributed by atoms with Crippen LogP contribution in [0.5, 0.6) is 23.0 Å². The summed E-state index contributed by atoms with van der Waals surface area (Å²) in [5, 5.41) is 41.9. The van der Waals surface area contributed by atoms with Crippen LogP contribution in [0, 0.1) is 83.1 Å². The first-order valence-electron chi connectivity index (χ1n) is 49.1. The van der Waals surface area contributed by atoms with Gasteiger partial charge in [0.1, 0.15) is 40.1 Å². The van der Waals surface area contributed by atoms with Crippen LogP contribution in [0.1, 0.15) is 175 Å². The number of carbonyl (C=O) groups excluding carboxylic acids is 3. The van der Waals surface area contributed by atoms with Gasteiger partial charge in [-0.05, 0) is 288 Å². The van der Waals surface area contributed by atoms with Crippen LogP contribution in [0.4, 0.5) is 30.2 Å². The Morgan fingerprint density at radius 3 is 1.11 bits per heavy atom. The minimum atomic E-state index is -4.86. The zero-order chi connectivity index (χ0) is 106. The van der Waals surface area contributed by atoms with Crippen LogP contribution in [0.15, 0.2) is 152 Å². The second-order valence-electron chi connectivity index (χ2n) is 38.3. The molecule has 20 rings (SSSR count). The SMILES string of the molecule is Cc1cc(OCCCc2c3n(c4c(-c5c(C)nn(C)c5C)c(Cl)ccc24)CCCN(c2ccc(C(=O)O)c4c2ccn4C)C3=O)cc(C)c1Cl.Cc1cc(OCCCc2c3n(c4c(-c5c(C)nn(C)c5C)c(Cl)ccc24)CCCN(c2cccc(OC(F)(F)F)c2)C3=O)cc(C)c1Cl.Cc1cc(OCCCc2c3n(c4c(-c5c(C)nn(C)c5C)c(Cl)ccc24)CCCN(c2ccnc4c(C(=O)O)cccc24)C3=O)cc(C)c1Cl. The van der Waals surface area contributed by atoms with E-state index in [-0.39, 0.29) is 34.6 Å². The number of halogens is 9. The third kappa shape index (κ3) is 19.6. The van der Waals surface area contributed by atoms with Crippen molar-refractivity contribution in [2.45, 2.75) is 167 Å². The molecule has 3 amide bonds. The number of hydrogen-bond acceptors (Lipinski definition) is 13. The molecule has 0 atom stereocenters. The van der Waals surface area contributed by atoms with Gasteiger partial charge in [0.25, 0.3) is 17.7 Å². The number of fused-ring (bicyclic) bond motifs is 11. The van der Waals surface area contributed by atoms with E-state index in [1.54, 1.807) is 46.0 Å². The van der Waals surface area contributed by atoms with Crippen LogP contribution in [-0.4, -0.2) is 138 Å². The number of rotatable bonds is 24. The van der Waals surface area contributed by atoms with E-state index in [1.165, 1.54) is 29.2 Å². The Balaban J connectivity index is 0.000000145. The lowest BCUT2D eigenvalue weighted by Crippen LogP contribution is -2.32. The molecule has 766 valence electrons. The third-order valence-corrected chi connectivity index (χ3v) is 31.4. The normalized spacial score (nSPS) is 13.4. The first-order chi connectivity index (χ1) is 70.6. The van der Waals surface area contributed by atoms with Gasteiger partial charge in [0.2, 0.25) is 0 Å². The van der Waals surface area contributed by atoms with E-state index >= 15 is 4.79 Å². The average Bonchev–Trinajstić information content (AvgIpc) is 1.57. The number of aromatic carboxylic acids is 2. The fourth-order valence-corrected chi connectivity index (χ4v) is 22.9. The Morgan fingerprint density at radius 2 is 0.750 bits per heavy atom. The Kier molecular flexibility index (Phi) is 29.7. The van der Waals surface area contributed by atoms with E-state index in [2.05, 4.69) is 24.0 Å². The Bertz CT molecular complexity index is 8220. The molecule has 34 heteroatoms. The molecular weight excluding hydrogens is 2010 g/mol. The van der Waals surface area contributed by atoms with Gasteiger partial charge in [-0.3, -0.25) is 33.4 Å². The summed E-state index contributed by atoms with van der Waals surface area (Å²) in [5.74, 6) is -0.828. The zero-order valence-electron chi connectivity index (χ0n) is 84.9. The maximum atomic E-state index is 15.0. The number of carboxylic acid groups (broad SMARTS) is 2. The van der Waals surface area contributed by atoms with E-state index in [9.17, 15) is 42.6 Å². The van der Waals surface area contributed by atoms with Gasteiger partial charge in [0.15, 0.2) is 0 Å². The second kappa shape index (κ2) is 42.1. The molecule has 3 aliphatic rings. The van der Waals surface area contributed by atoms with Crippen LogP contribution in [0.3, 0.4) is 0 Å². The molecule has 0 bridgehead atoms. The molecule has 11 heterocycles. The number of carbonyl (C=O) groups is 5. The zero-order valence-corrected chi connectivity index (χ0v) is 89.4. The summed E-state index contributed by atoms with van der Waals surface area (Å²) in [5.41, 5.74) is 26.4. The number of hydrogen-bond donors (Lipinski definition) is 2. The molecule has 9 aromatic carbocycles. The number of amides is 3. The van der Waals surface area contributed by atoms with Gasteiger partial charge in [-0.1, -0.05) is 106 Å². The molecule has 148 heavy (non-hydrogen) atoms. The van der Waals surface area contributed by atoms with E-state index in [1.807, 2.05) is 226 Å². The molecule has 0 unspecified atom stereocenters. The fraction of sp³-hybridized carbons (Fsp3) is 0.307. The molecule has 0 radical (unpaired) electrons. The number of para-hydroxylation sites is 1. The standard InChI is InChI=1S/C39H39Cl2N5O4.C39H37Cl2N5O4.C36H35Cl2F3N4O3/c1-21-19-25(20-22(2)34(21)41)50-18-7-9-26-27-10-12-30(40)33(32-23(3)42-44(6)24(32)4)36(27)46-16-8-15-45(38(47)37(26)46)31-13-11-29(39(48)49)35-28(31)14-17-43(35)5;1-21-19-25(20-22(2)34(21)41)50-18-7-11-26-27-12-13-30(40)33(32-23(3)43-44(5)24(32)4)36(27)46-17-8-16-45(38(47)37(26)46)31-14-15-42-35-28(31)9-6-10-29(35)39(48)49;1-20-17-26(18-21(2)32(20)38)47-16-7-11-27-28-12-13-29(37)31(30-22(3)42-43(5)23(30)4)33(28)45-15-8-14-44(35(46)34(27)45)24-9-6-10-25(19-24)48-36(39,40)41/h10-14,17,19-20H,7-9,15-16,18H2,1-6H3,(H,48,49);6,9-10,12-15,19-20H,7-8,11,16-18H2,1-5H3,(H,48,49);6,9-10,12-13,17-19H,7-8,11,14-16H2,1-5H3. The summed E-state index contributed by atoms with van der Waals surface area (Å²) in [6, 6.07) is 40.9. The lowest BCUT2D eigenvalue weighted by Gasteiger charge is -2.23. The van der Waals surface area contributed by atoms with Gasteiger partial charge in [-0.25, -0.2) is 9.59 Å².